The molecule has 1 unspecified atom stereocenters. The highest BCUT2D eigenvalue weighted by molar-refractivity contribution is 5.81. The molecule has 1 aliphatic heterocycles. The lowest BCUT2D eigenvalue weighted by atomic mass is 10.3. The zero-order valence-electron chi connectivity index (χ0n) is 11.8. The molecule has 19 heavy (non-hydrogen) atoms. The molecule has 6 heteroatoms. The third-order valence-electron chi connectivity index (χ3n) is 3.20. The SMILES string of the molecule is CC(Oc1cnn(C(C)C)c1)C(=O)N1CCNCC1. The number of amides is 1. The molecule has 1 N–H and O–H groups in total. The van der Waals surface area contributed by atoms with E-state index in [0.29, 0.717) is 5.75 Å². The second-order valence-electron chi connectivity index (χ2n) is 5.09. The summed E-state index contributed by atoms with van der Waals surface area (Å²) in [6, 6.07) is 0.288. The Hall–Kier alpha value is -1.56. The van der Waals surface area contributed by atoms with Crippen LogP contribution in [0.2, 0.25) is 0 Å². The van der Waals surface area contributed by atoms with E-state index in [-0.39, 0.29) is 11.9 Å². The first-order chi connectivity index (χ1) is 9.08. The number of hydrogen-bond acceptors (Lipinski definition) is 4. The molecule has 0 bridgehead atoms. The highest BCUT2D eigenvalue weighted by Gasteiger charge is 2.23. The molecule has 1 fully saturated rings. The Morgan fingerprint density at radius 3 is 2.63 bits per heavy atom. The van der Waals surface area contributed by atoms with E-state index in [4.69, 9.17) is 4.74 Å². The minimum absolute atomic E-state index is 0.0406. The van der Waals surface area contributed by atoms with E-state index < -0.39 is 6.10 Å². The summed E-state index contributed by atoms with van der Waals surface area (Å²) in [5, 5.41) is 7.42. The maximum atomic E-state index is 12.2. The fourth-order valence-electron chi connectivity index (χ4n) is 2.06. The van der Waals surface area contributed by atoms with Gasteiger partial charge >= 0.3 is 0 Å². The third-order valence-corrected chi connectivity index (χ3v) is 3.20. The zero-order chi connectivity index (χ0) is 13.8. The first-order valence-corrected chi connectivity index (χ1v) is 6.78. The van der Waals surface area contributed by atoms with Gasteiger partial charge in [0.25, 0.3) is 5.91 Å². The van der Waals surface area contributed by atoms with Gasteiger partial charge in [-0.1, -0.05) is 0 Å². The molecule has 0 radical (unpaired) electrons. The Bertz CT molecular complexity index is 424. The van der Waals surface area contributed by atoms with Crippen LogP contribution in [0.1, 0.15) is 26.8 Å². The maximum absolute atomic E-state index is 12.2. The van der Waals surface area contributed by atoms with Crippen LogP contribution >= 0.6 is 0 Å². The molecule has 1 aromatic rings. The van der Waals surface area contributed by atoms with Gasteiger partial charge in [0.15, 0.2) is 11.9 Å². The summed E-state index contributed by atoms with van der Waals surface area (Å²) in [5.41, 5.74) is 0. The normalized spacial score (nSPS) is 17.6. The van der Waals surface area contributed by atoms with Gasteiger partial charge in [-0.05, 0) is 20.8 Å². The van der Waals surface area contributed by atoms with Crippen molar-refractivity contribution in [1.82, 2.24) is 20.0 Å². The fraction of sp³-hybridized carbons (Fsp3) is 0.692. The second kappa shape index (κ2) is 6.06. The lowest BCUT2D eigenvalue weighted by Gasteiger charge is -2.29. The molecule has 0 aromatic carbocycles. The molecule has 1 amide bonds. The van der Waals surface area contributed by atoms with Gasteiger partial charge in [-0.15, -0.1) is 0 Å². The van der Waals surface area contributed by atoms with Crippen LogP contribution in [0.15, 0.2) is 12.4 Å². The Kier molecular flexibility index (Phi) is 4.42. The van der Waals surface area contributed by atoms with Crippen LogP contribution in [0.5, 0.6) is 5.75 Å². The highest BCUT2D eigenvalue weighted by Crippen LogP contribution is 2.15. The number of carbonyl (C=O) groups is 1. The predicted octanol–water partition coefficient (Wildman–Crippen LogP) is 0.663. The third kappa shape index (κ3) is 3.47. The number of rotatable bonds is 4. The van der Waals surface area contributed by atoms with Crippen molar-refractivity contribution >= 4 is 5.91 Å². The molecular weight excluding hydrogens is 244 g/mol. The Morgan fingerprint density at radius 2 is 2.05 bits per heavy atom. The molecule has 1 saturated heterocycles. The fourth-order valence-corrected chi connectivity index (χ4v) is 2.06. The molecule has 1 aromatic heterocycles. The van der Waals surface area contributed by atoms with Crippen molar-refractivity contribution in [2.75, 3.05) is 26.2 Å². The topological polar surface area (TPSA) is 59.4 Å². The number of aromatic nitrogens is 2. The van der Waals surface area contributed by atoms with Gasteiger partial charge in [0, 0.05) is 32.2 Å². The van der Waals surface area contributed by atoms with Gasteiger partial charge in [0.1, 0.15) is 0 Å². The Morgan fingerprint density at radius 1 is 1.37 bits per heavy atom. The smallest absolute Gasteiger partial charge is 0.263 e. The number of nitrogens with zero attached hydrogens (tertiary/aromatic N) is 3. The molecule has 2 rings (SSSR count). The van der Waals surface area contributed by atoms with E-state index in [2.05, 4.69) is 10.4 Å². The molecule has 106 valence electrons. The van der Waals surface area contributed by atoms with Gasteiger partial charge < -0.3 is 15.0 Å². The first kappa shape index (κ1) is 13.9. The quantitative estimate of drug-likeness (QED) is 0.870. The van der Waals surface area contributed by atoms with Gasteiger partial charge in [-0.3, -0.25) is 9.48 Å². The summed E-state index contributed by atoms with van der Waals surface area (Å²) in [6.45, 7) is 9.08. The number of piperazine rings is 1. The Labute approximate surface area is 113 Å². The molecule has 0 spiro atoms. The summed E-state index contributed by atoms with van der Waals surface area (Å²) < 4.78 is 7.48. The molecule has 1 atom stereocenters. The van der Waals surface area contributed by atoms with Crippen molar-refractivity contribution in [3.05, 3.63) is 12.4 Å². The number of nitrogens with one attached hydrogen (secondary N) is 1. The van der Waals surface area contributed by atoms with Crippen LogP contribution in [0.4, 0.5) is 0 Å². The van der Waals surface area contributed by atoms with E-state index in [1.165, 1.54) is 0 Å². The van der Waals surface area contributed by atoms with Crippen LogP contribution < -0.4 is 10.1 Å². The van der Waals surface area contributed by atoms with E-state index in [9.17, 15) is 4.79 Å². The predicted molar refractivity (Wildman–Crippen MR) is 72.2 cm³/mol. The number of hydrogen-bond donors (Lipinski definition) is 1. The van der Waals surface area contributed by atoms with Crippen molar-refractivity contribution in [2.24, 2.45) is 0 Å². The molecular formula is C13H22N4O2. The van der Waals surface area contributed by atoms with Crippen molar-refractivity contribution in [3.8, 4) is 5.75 Å². The molecule has 6 nitrogen and oxygen atoms in total. The van der Waals surface area contributed by atoms with E-state index in [0.717, 1.165) is 26.2 Å². The lowest BCUT2D eigenvalue weighted by Crippen LogP contribution is -2.50. The van der Waals surface area contributed by atoms with Gasteiger partial charge in [-0.2, -0.15) is 5.10 Å². The van der Waals surface area contributed by atoms with Crippen molar-refractivity contribution < 1.29 is 9.53 Å². The summed E-state index contributed by atoms with van der Waals surface area (Å²) in [7, 11) is 0. The van der Waals surface area contributed by atoms with E-state index in [1.807, 2.05) is 29.6 Å². The largest absolute Gasteiger partial charge is 0.478 e. The summed E-state index contributed by atoms with van der Waals surface area (Å²) in [5.74, 6) is 0.684. The van der Waals surface area contributed by atoms with Crippen LogP contribution in [0.25, 0.3) is 0 Å². The summed E-state index contributed by atoms with van der Waals surface area (Å²) in [6.07, 6.45) is 3.01. The standard InChI is InChI=1S/C13H22N4O2/c1-10(2)17-9-12(8-15-17)19-11(3)13(18)16-6-4-14-5-7-16/h8-11,14H,4-7H2,1-3H3. The lowest BCUT2D eigenvalue weighted by molar-refractivity contribution is -0.138. The monoisotopic (exact) mass is 266 g/mol. The van der Waals surface area contributed by atoms with E-state index >= 15 is 0 Å². The van der Waals surface area contributed by atoms with E-state index in [1.54, 1.807) is 13.1 Å². The second-order valence-corrected chi connectivity index (χ2v) is 5.09. The number of ether oxygens (including phenoxy) is 1. The van der Waals surface area contributed by atoms with Crippen LogP contribution in [-0.2, 0) is 4.79 Å². The molecule has 1 aliphatic rings. The van der Waals surface area contributed by atoms with Crippen LogP contribution in [-0.4, -0.2) is 52.9 Å². The average Bonchev–Trinajstić information content (AvgIpc) is 2.87. The van der Waals surface area contributed by atoms with Crippen molar-refractivity contribution in [3.63, 3.8) is 0 Å². The van der Waals surface area contributed by atoms with Crippen LogP contribution in [0.3, 0.4) is 0 Å². The van der Waals surface area contributed by atoms with Gasteiger partial charge in [0.2, 0.25) is 0 Å². The molecule has 0 aliphatic carbocycles. The minimum Gasteiger partial charge on any atom is -0.478 e. The first-order valence-electron chi connectivity index (χ1n) is 6.78. The van der Waals surface area contributed by atoms with Crippen LogP contribution in [0, 0.1) is 0 Å². The summed E-state index contributed by atoms with van der Waals surface area (Å²) in [4.78, 5) is 14.0. The molecule has 0 saturated carbocycles. The van der Waals surface area contributed by atoms with Gasteiger partial charge in [-0.25, -0.2) is 0 Å². The highest BCUT2D eigenvalue weighted by atomic mass is 16.5. The number of carbonyl (C=O) groups excluding carboxylic acids is 1. The van der Waals surface area contributed by atoms with Crippen molar-refractivity contribution in [1.29, 1.82) is 0 Å². The Balaban J connectivity index is 1.91. The summed E-state index contributed by atoms with van der Waals surface area (Å²) >= 11 is 0. The average molecular weight is 266 g/mol. The zero-order valence-corrected chi connectivity index (χ0v) is 11.8. The maximum Gasteiger partial charge on any atom is 0.263 e. The van der Waals surface area contributed by atoms with Gasteiger partial charge in [0.05, 0.1) is 12.4 Å². The molecule has 2 heterocycles. The van der Waals surface area contributed by atoms with Crippen molar-refractivity contribution in [2.45, 2.75) is 32.9 Å². The minimum atomic E-state index is -0.470.